The lowest BCUT2D eigenvalue weighted by molar-refractivity contribution is -0.143. The quantitative estimate of drug-likeness (QED) is 0.907. The van der Waals surface area contributed by atoms with Gasteiger partial charge in [0.15, 0.2) is 0 Å². The highest BCUT2D eigenvalue weighted by Crippen LogP contribution is 2.25. The molecule has 0 bridgehead atoms. The monoisotopic (exact) mass is 332 g/mol. The molecule has 1 saturated heterocycles. The highest BCUT2D eigenvalue weighted by Gasteiger charge is 2.31. The van der Waals surface area contributed by atoms with Crippen LogP contribution in [0.15, 0.2) is 30.3 Å². The van der Waals surface area contributed by atoms with Gasteiger partial charge < -0.3 is 15.3 Å². The molecular formula is C17H20N2O3S. The fourth-order valence-corrected chi connectivity index (χ4v) is 4.10. The third-order valence-corrected chi connectivity index (χ3v) is 5.30. The van der Waals surface area contributed by atoms with Gasteiger partial charge in [-0.1, -0.05) is 25.1 Å². The molecule has 2 N–H and O–H groups in total. The molecule has 1 aliphatic rings. The van der Waals surface area contributed by atoms with Gasteiger partial charge in [-0.15, -0.1) is 11.3 Å². The van der Waals surface area contributed by atoms with E-state index in [1.165, 1.54) is 10.1 Å². The summed E-state index contributed by atoms with van der Waals surface area (Å²) in [7, 11) is 0. The predicted octanol–water partition coefficient (Wildman–Crippen LogP) is 3.15. The summed E-state index contributed by atoms with van der Waals surface area (Å²) >= 11 is 1.66. The van der Waals surface area contributed by atoms with Crippen molar-refractivity contribution in [1.29, 1.82) is 0 Å². The second-order valence-corrected chi connectivity index (χ2v) is 7.36. The first kappa shape index (κ1) is 15.8. The van der Waals surface area contributed by atoms with E-state index in [1.54, 1.807) is 16.2 Å². The third kappa shape index (κ3) is 3.64. The van der Waals surface area contributed by atoms with Gasteiger partial charge in [-0.25, -0.2) is 4.79 Å². The number of rotatable bonds is 3. The van der Waals surface area contributed by atoms with Crippen LogP contribution in [0.3, 0.4) is 0 Å². The Kier molecular flexibility index (Phi) is 4.52. The normalized spacial score (nSPS) is 21.3. The van der Waals surface area contributed by atoms with E-state index in [2.05, 4.69) is 23.5 Å². The van der Waals surface area contributed by atoms with E-state index < -0.39 is 11.9 Å². The van der Waals surface area contributed by atoms with Gasteiger partial charge in [-0.3, -0.25) is 4.79 Å². The van der Waals surface area contributed by atoms with Crippen LogP contribution in [0.4, 0.5) is 4.79 Å². The number of carbonyl (C=O) groups excluding carboxylic acids is 1. The number of hydrogen-bond acceptors (Lipinski definition) is 3. The molecule has 23 heavy (non-hydrogen) atoms. The maximum absolute atomic E-state index is 12.3. The van der Waals surface area contributed by atoms with Crippen molar-refractivity contribution >= 4 is 33.4 Å². The van der Waals surface area contributed by atoms with Crippen LogP contribution in [-0.2, 0) is 11.3 Å². The Morgan fingerprint density at radius 3 is 2.87 bits per heavy atom. The zero-order valence-corrected chi connectivity index (χ0v) is 13.8. The van der Waals surface area contributed by atoms with Gasteiger partial charge in [0, 0.05) is 22.7 Å². The number of hydrogen-bond donors (Lipinski definition) is 2. The molecule has 2 heterocycles. The fraction of sp³-hybridized carbons (Fsp3) is 0.412. The topological polar surface area (TPSA) is 69.6 Å². The Morgan fingerprint density at radius 2 is 2.13 bits per heavy atom. The molecule has 0 spiro atoms. The average Bonchev–Trinajstić information content (AvgIpc) is 2.94. The molecule has 0 aliphatic carbocycles. The van der Waals surface area contributed by atoms with Gasteiger partial charge in [0.2, 0.25) is 0 Å². The van der Waals surface area contributed by atoms with Crippen LogP contribution in [-0.4, -0.2) is 35.1 Å². The summed E-state index contributed by atoms with van der Waals surface area (Å²) in [5, 5.41) is 13.3. The summed E-state index contributed by atoms with van der Waals surface area (Å²) in [6.07, 6.45) is 0.634. The second-order valence-electron chi connectivity index (χ2n) is 6.19. The smallest absolute Gasteiger partial charge is 0.317 e. The molecule has 1 aliphatic heterocycles. The highest BCUT2D eigenvalue weighted by molar-refractivity contribution is 7.19. The summed E-state index contributed by atoms with van der Waals surface area (Å²) in [4.78, 5) is 26.2. The van der Waals surface area contributed by atoms with Crippen LogP contribution < -0.4 is 5.32 Å². The maximum atomic E-state index is 12.3. The Balaban J connectivity index is 1.61. The number of nitrogens with one attached hydrogen (secondary N) is 1. The van der Waals surface area contributed by atoms with E-state index in [0.717, 1.165) is 4.88 Å². The van der Waals surface area contributed by atoms with Crippen molar-refractivity contribution in [2.75, 3.05) is 13.1 Å². The number of carbonyl (C=O) groups is 2. The molecule has 122 valence electrons. The highest BCUT2D eigenvalue weighted by atomic mass is 32.1. The van der Waals surface area contributed by atoms with Crippen LogP contribution in [0.1, 0.15) is 18.2 Å². The number of aliphatic carboxylic acids is 1. The minimum Gasteiger partial charge on any atom is -0.481 e. The lowest BCUT2D eigenvalue weighted by Gasteiger charge is -2.34. The zero-order valence-electron chi connectivity index (χ0n) is 13.0. The fourth-order valence-electron chi connectivity index (χ4n) is 3.09. The van der Waals surface area contributed by atoms with Gasteiger partial charge in [0.1, 0.15) is 0 Å². The van der Waals surface area contributed by atoms with Crippen molar-refractivity contribution in [3.8, 4) is 0 Å². The van der Waals surface area contributed by atoms with Crippen LogP contribution in [0.2, 0.25) is 0 Å². The van der Waals surface area contributed by atoms with Crippen molar-refractivity contribution < 1.29 is 14.7 Å². The molecule has 1 fully saturated rings. The molecule has 2 atom stereocenters. The molecular weight excluding hydrogens is 312 g/mol. The molecule has 2 unspecified atom stereocenters. The molecule has 0 radical (unpaired) electrons. The lowest BCUT2D eigenvalue weighted by Crippen LogP contribution is -2.49. The van der Waals surface area contributed by atoms with Crippen molar-refractivity contribution in [2.45, 2.75) is 19.9 Å². The molecule has 0 saturated carbocycles. The summed E-state index contributed by atoms with van der Waals surface area (Å²) in [5.41, 5.74) is 0. The Labute approximate surface area is 138 Å². The summed E-state index contributed by atoms with van der Waals surface area (Å²) in [6.45, 7) is 3.36. The average molecular weight is 332 g/mol. The van der Waals surface area contributed by atoms with Crippen molar-refractivity contribution in [2.24, 2.45) is 11.8 Å². The number of nitrogens with zero attached hydrogens (tertiary/aromatic N) is 1. The first-order chi connectivity index (χ1) is 11.0. The predicted molar refractivity (Wildman–Crippen MR) is 90.5 cm³/mol. The van der Waals surface area contributed by atoms with Gasteiger partial charge in [-0.2, -0.15) is 0 Å². The Morgan fingerprint density at radius 1 is 1.35 bits per heavy atom. The lowest BCUT2D eigenvalue weighted by atomic mass is 9.91. The molecule has 2 amide bonds. The van der Waals surface area contributed by atoms with Crippen LogP contribution in [0, 0.1) is 11.8 Å². The number of carboxylic acid groups (broad SMARTS) is 1. The number of likely N-dealkylation sites (tertiary alicyclic amines) is 1. The third-order valence-electron chi connectivity index (χ3n) is 4.19. The van der Waals surface area contributed by atoms with Crippen molar-refractivity contribution in [3.05, 3.63) is 35.2 Å². The van der Waals surface area contributed by atoms with E-state index in [9.17, 15) is 14.7 Å². The summed E-state index contributed by atoms with van der Waals surface area (Å²) < 4.78 is 1.20. The number of carboxylic acids is 1. The first-order valence-corrected chi connectivity index (χ1v) is 8.57. The van der Waals surface area contributed by atoms with Crippen LogP contribution in [0.5, 0.6) is 0 Å². The van der Waals surface area contributed by atoms with E-state index in [4.69, 9.17) is 0 Å². The SMILES string of the molecule is CC1CC(C(=O)O)CN(C(=O)NCc2cc3ccccc3s2)C1. The molecule has 1 aromatic heterocycles. The second kappa shape index (κ2) is 6.58. The minimum atomic E-state index is -0.821. The van der Waals surface area contributed by atoms with E-state index >= 15 is 0 Å². The van der Waals surface area contributed by atoms with E-state index in [0.29, 0.717) is 19.5 Å². The number of amides is 2. The Hall–Kier alpha value is -2.08. The largest absolute Gasteiger partial charge is 0.481 e. The van der Waals surface area contributed by atoms with Crippen molar-refractivity contribution in [1.82, 2.24) is 10.2 Å². The minimum absolute atomic E-state index is 0.180. The molecule has 3 rings (SSSR count). The Bertz CT molecular complexity index is 694. The summed E-state index contributed by atoms with van der Waals surface area (Å²) in [6, 6.07) is 10.0. The van der Waals surface area contributed by atoms with Gasteiger partial charge >= 0.3 is 12.0 Å². The van der Waals surface area contributed by atoms with Crippen LogP contribution >= 0.6 is 11.3 Å². The maximum Gasteiger partial charge on any atom is 0.317 e. The van der Waals surface area contributed by atoms with Crippen LogP contribution in [0.25, 0.3) is 10.1 Å². The molecule has 1 aromatic carbocycles. The number of urea groups is 1. The first-order valence-electron chi connectivity index (χ1n) is 7.76. The van der Waals surface area contributed by atoms with E-state index in [-0.39, 0.29) is 18.5 Å². The van der Waals surface area contributed by atoms with Crippen molar-refractivity contribution in [3.63, 3.8) is 0 Å². The van der Waals surface area contributed by atoms with E-state index in [1.807, 2.05) is 19.1 Å². The molecule has 5 nitrogen and oxygen atoms in total. The standard InChI is InChI=1S/C17H20N2O3S/c1-11-6-13(16(20)21)10-19(9-11)17(22)18-8-14-7-12-4-2-3-5-15(12)23-14/h2-5,7,11,13H,6,8-10H2,1H3,(H,18,22)(H,20,21). The van der Waals surface area contributed by atoms with Gasteiger partial charge in [0.25, 0.3) is 0 Å². The number of thiophene rings is 1. The van der Waals surface area contributed by atoms with Gasteiger partial charge in [0.05, 0.1) is 12.5 Å². The number of piperidine rings is 1. The molecule has 6 heteroatoms. The summed E-state index contributed by atoms with van der Waals surface area (Å²) in [5.74, 6) is -1.08. The number of benzene rings is 1. The zero-order chi connectivity index (χ0) is 16.4. The van der Waals surface area contributed by atoms with Gasteiger partial charge in [-0.05, 0) is 29.9 Å². The number of fused-ring (bicyclic) bond motifs is 1. The molecule has 2 aromatic rings.